The van der Waals surface area contributed by atoms with Crippen molar-refractivity contribution in [3.63, 3.8) is 0 Å². The highest BCUT2D eigenvalue weighted by molar-refractivity contribution is 5.85. The largest absolute Gasteiger partial charge is 0.496 e. The van der Waals surface area contributed by atoms with E-state index in [0.717, 1.165) is 65.4 Å². The van der Waals surface area contributed by atoms with Gasteiger partial charge in [0.25, 0.3) is 0 Å². The molecule has 0 spiro atoms. The van der Waals surface area contributed by atoms with Crippen LogP contribution in [0.3, 0.4) is 0 Å². The van der Waals surface area contributed by atoms with Gasteiger partial charge >= 0.3 is 0 Å². The summed E-state index contributed by atoms with van der Waals surface area (Å²) in [5.74, 6) is 2.34. The second kappa shape index (κ2) is 8.23. The number of nitrogens with zero attached hydrogens (tertiary/aromatic N) is 5. The summed E-state index contributed by atoms with van der Waals surface area (Å²) in [6.07, 6.45) is 10.1. The average molecular weight is 446 g/mol. The maximum absolute atomic E-state index is 12.0. The highest BCUT2D eigenvalue weighted by atomic mass is 16.5. The van der Waals surface area contributed by atoms with Gasteiger partial charge in [0, 0.05) is 18.2 Å². The highest BCUT2D eigenvalue weighted by Crippen LogP contribution is 2.33. The third-order valence-corrected chi connectivity index (χ3v) is 6.41. The fourth-order valence-electron chi connectivity index (χ4n) is 4.53. The van der Waals surface area contributed by atoms with Crippen LogP contribution in [-0.2, 0) is 11.2 Å². The number of aromatic nitrogens is 4. The van der Waals surface area contributed by atoms with E-state index >= 15 is 0 Å². The van der Waals surface area contributed by atoms with Gasteiger partial charge < -0.3 is 25.3 Å². The van der Waals surface area contributed by atoms with E-state index in [0.29, 0.717) is 11.8 Å². The molecule has 1 saturated heterocycles. The number of imidazole rings is 1. The van der Waals surface area contributed by atoms with Crippen LogP contribution in [0.4, 0.5) is 17.6 Å². The molecule has 0 unspecified atom stereocenters. The van der Waals surface area contributed by atoms with Crippen LogP contribution in [-0.4, -0.2) is 45.1 Å². The van der Waals surface area contributed by atoms with Gasteiger partial charge in [0.2, 0.25) is 11.9 Å². The molecule has 170 valence electrons. The third kappa shape index (κ3) is 3.79. The Morgan fingerprint density at radius 1 is 1.27 bits per heavy atom. The zero-order chi connectivity index (χ0) is 23.1. The van der Waals surface area contributed by atoms with Crippen LogP contribution in [0.15, 0.2) is 30.7 Å². The van der Waals surface area contributed by atoms with Crippen LogP contribution in [0.25, 0.3) is 11.8 Å². The number of carbonyl (C=O) groups excluding carboxylic acids is 1. The first-order valence-corrected chi connectivity index (χ1v) is 11.0. The van der Waals surface area contributed by atoms with E-state index in [1.54, 1.807) is 13.4 Å². The van der Waals surface area contributed by atoms with Crippen molar-refractivity contribution in [2.75, 3.05) is 23.9 Å². The minimum Gasteiger partial charge on any atom is -0.496 e. The number of methoxy groups -OCH3 is 1. The van der Waals surface area contributed by atoms with Gasteiger partial charge in [-0.05, 0) is 56.4 Å². The predicted molar refractivity (Wildman–Crippen MR) is 127 cm³/mol. The smallest absolute Gasteiger partial charge is 0.240 e. The van der Waals surface area contributed by atoms with Crippen LogP contribution in [0.2, 0.25) is 0 Å². The van der Waals surface area contributed by atoms with Crippen LogP contribution in [0.1, 0.15) is 35.2 Å². The number of aryl methyl sites for hydroxylation is 1. The summed E-state index contributed by atoms with van der Waals surface area (Å²) >= 11 is 0. The van der Waals surface area contributed by atoms with Crippen LogP contribution in [0.5, 0.6) is 5.75 Å². The Hall–Kier alpha value is -3.88. The summed E-state index contributed by atoms with van der Waals surface area (Å²) in [5.41, 5.74) is 10.7. The van der Waals surface area contributed by atoms with Crippen molar-refractivity contribution in [3.05, 3.63) is 53.1 Å². The van der Waals surface area contributed by atoms with Crippen molar-refractivity contribution < 1.29 is 9.53 Å². The molecule has 0 saturated carbocycles. The number of benzene rings is 1. The molecule has 9 nitrogen and oxygen atoms in total. The van der Waals surface area contributed by atoms with Crippen LogP contribution >= 0.6 is 0 Å². The van der Waals surface area contributed by atoms with Crippen LogP contribution in [0, 0.1) is 13.8 Å². The standard InChI is InChI=1S/C24H27N7O2/c1-14-10-16(11-20(33-3)15(14)2)30-12-21(26-13-30)28-24-27-18-7-4-6-17(18)23(29-24)31-9-5-8-19(31)22(25)32/h4,7,10-13,19H,5-6,8-9H2,1-3H3,(H2,25,32)(H,27,28,29)/t19-/m0/s1. The lowest BCUT2D eigenvalue weighted by Gasteiger charge is -2.25. The molecule has 3 N–H and O–H groups in total. The van der Waals surface area contributed by atoms with Crippen molar-refractivity contribution in [2.45, 2.75) is 39.2 Å². The molecule has 1 amide bonds. The fourth-order valence-corrected chi connectivity index (χ4v) is 4.53. The number of allylic oxidation sites excluding steroid dienone is 1. The van der Waals surface area contributed by atoms with Gasteiger partial charge in [-0.25, -0.2) is 9.97 Å². The average Bonchev–Trinajstić information content (AvgIpc) is 3.55. The monoisotopic (exact) mass is 445 g/mol. The zero-order valence-corrected chi connectivity index (χ0v) is 19.0. The van der Waals surface area contributed by atoms with Gasteiger partial charge in [-0.2, -0.15) is 4.98 Å². The van der Waals surface area contributed by atoms with E-state index in [4.69, 9.17) is 15.5 Å². The Bertz CT molecular complexity index is 1260. The van der Waals surface area contributed by atoms with E-state index in [1.807, 2.05) is 34.7 Å². The summed E-state index contributed by atoms with van der Waals surface area (Å²) < 4.78 is 7.43. The number of hydrogen-bond acceptors (Lipinski definition) is 7. The Morgan fingerprint density at radius 3 is 2.91 bits per heavy atom. The number of ether oxygens (including phenoxy) is 1. The molecule has 33 heavy (non-hydrogen) atoms. The van der Waals surface area contributed by atoms with Crippen molar-refractivity contribution in [1.29, 1.82) is 0 Å². The third-order valence-electron chi connectivity index (χ3n) is 6.41. The molecule has 3 aromatic rings. The lowest BCUT2D eigenvalue weighted by Crippen LogP contribution is -2.41. The quantitative estimate of drug-likeness (QED) is 0.600. The Kier molecular flexibility index (Phi) is 5.24. The molecule has 2 aliphatic rings. The fraction of sp³-hybridized carbons (Fsp3) is 0.333. The van der Waals surface area contributed by atoms with Gasteiger partial charge in [-0.3, -0.25) is 4.79 Å². The topological polar surface area (TPSA) is 111 Å². The van der Waals surface area contributed by atoms with Gasteiger partial charge in [-0.1, -0.05) is 6.08 Å². The first-order chi connectivity index (χ1) is 15.9. The molecule has 2 aromatic heterocycles. The normalized spacial score (nSPS) is 16.8. The van der Waals surface area contributed by atoms with Gasteiger partial charge in [0.15, 0.2) is 5.82 Å². The summed E-state index contributed by atoms with van der Waals surface area (Å²) in [5, 5.41) is 3.22. The van der Waals surface area contributed by atoms with E-state index < -0.39 is 0 Å². The number of anilines is 3. The number of amides is 1. The highest BCUT2D eigenvalue weighted by Gasteiger charge is 2.33. The lowest BCUT2D eigenvalue weighted by molar-refractivity contribution is -0.119. The molecule has 0 bridgehead atoms. The Balaban J connectivity index is 1.45. The molecule has 9 heteroatoms. The number of fused-ring (bicyclic) bond motifs is 1. The van der Waals surface area contributed by atoms with E-state index in [2.05, 4.69) is 34.4 Å². The summed E-state index contributed by atoms with van der Waals surface area (Å²) in [6.45, 7) is 4.85. The van der Waals surface area contributed by atoms with E-state index in [1.165, 1.54) is 0 Å². The van der Waals surface area contributed by atoms with Crippen LogP contribution < -0.4 is 20.7 Å². The first kappa shape index (κ1) is 21.0. The predicted octanol–water partition coefficient (Wildman–Crippen LogP) is 3.05. The number of nitrogens with two attached hydrogens (primary N) is 1. The van der Waals surface area contributed by atoms with Crippen molar-refractivity contribution in [1.82, 2.24) is 19.5 Å². The molecular formula is C24H27N7O2. The summed E-state index contributed by atoms with van der Waals surface area (Å²) in [6, 6.07) is 3.74. The maximum atomic E-state index is 12.0. The number of nitrogens with one attached hydrogen (secondary N) is 1. The first-order valence-electron chi connectivity index (χ1n) is 11.0. The van der Waals surface area contributed by atoms with E-state index in [9.17, 15) is 4.79 Å². The summed E-state index contributed by atoms with van der Waals surface area (Å²) in [7, 11) is 1.67. The molecule has 1 aromatic carbocycles. The van der Waals surface area contributed by atoms with Crippen molar-refractivity contribution >= 4 is 29.6 Å². The SMILES string of the molecule is COc1cc(-n2cnc(Nc3nc4c(c(N5CCC[C@H]5C(N)=O)n3)CC=C4)c2)cc(C)c1C. The molecule has 5 rings (SSSR count). The molecular weight excluding hydrogens is 418 g/mol. The molecule has 3 heterocycles. The number of rotatable bonds is 6. The number of hydrogen-bond donors (Lipinski definition) is 2. The molecule has 1 atom stereocenters. The summed E-state index contributed by atoms with van der Waals surface area (Å²) in [4.78, 5) is 27.9. The van der Waals surface area contributed by atoms with Gasteiger partial charge in [0.05, 0.1) is 24.7 Å². The minimum absolute atomic E-state index is 0.317. The minimum atomic E-state index is -0.337. The zero-order valence-electron chi connectivity index (χ0n) is 19.0. The molecule has 1 aliphatic carbocycles. The Labute approximate surface area is 192 Å². The van der Waals surface area contributed by atoms with E-state index in [-0.39, 0.29) is 11.9 Å². The molecule has 0 radical (unpaired) electrons. The Morgan fingerprint density at radius 2 is 2.12 bits per heavy atom. The van der Waals surface area contributed by atoms with Gasteiger partial charge in [-0.15, -0.1) is 0 Å². The lowest BCUT2D eigenvalue weighted by atomic mass is 10.1. The molecule has 1 fully saturated rings. The van der Waals surface area contributed by atoms with Crippen molar-refractivity contribution in [3.8, 4) is 11.4 Å². The second-order valence-electron chi connectivity index (χ2n) is 8.48. The van der Waals surface area contributed by atoms with Gasteiger partial charge in [0.1, 0.15) is 23.9 Å². The maximum Gasteiger partial charge on any atom is 0.240 e. The number of carbonyl (C=O) groups is 1. The second-order valence-corrected chi connectivity index (χ2v) is 8.48. The molecule has 1 aliphatic heterocycles. The number of primary amides is 1. The van der Waals surface area contributed by atoms with Crippen molar-refractivity contribution in [2.24, 2.45) is 5.73 Å².